The third kappa shape index (κ3) is 4.25. The summed E-state index contributed by atoms with van der Waals surface area (Å²) < 4.78 is 6.36. The van der Waals surface area contributed by atoms with Crippen molar-refractivity contribution < 1.29 is 14.3 Å². The van der Waals surface area contributed by atoms with Crippen molar-refractivity contribution in [3.63, 3.8) is 0 Å². The van der Waals surface area contributed by atoms with Crippen molar-refractivity contribution >= 4 is 22.6 Å². The van der Waals surface area contributed by atoms with Crippen molar-refractivity contribution in [3.8, 4) is 0 Å². The van der Waals surface area contributed by atoms with Crippen molar-refractivity contribution in [2.75, 3.05) is 6.54 Å². The van der Waals surface area contributed by atoms with Gasteiger partial charge in [-0.15, -0.1) is 0 Å². The van der Waals surface area contributed by atoms with Gasteiger partial charge in [-0.2, -0.15) is 5.10 Å². The third-order valence-electron chi connectivity index (χ3n) is 4.36. The number of aryl methyl sites for hydroxylation is 1. The van der Waals surface area contributed by atoms with Crippen LogP contribution in [0.5, 0.6) is 0 Å². The molecule has 7 heteroatoms. The zero-order valence-electron chi connectivity index (χ0n) is 15.7. The Morgan fingerprint density at radius 3 is 2.43 bits per heavy atom. The molecule has 1 unspecified atom stereocenters. The second kappa shape index (κ2) is 8.47. The van der Waals surface area contributed by atoms with Gasteiger partial charge < -0.3 is 10.1 Å². The number of hydrogen-bond acceptors (Lipinski definition) is 5. The molecule has 28 heavy (non-hydrogen) atoms. The van der Waals surface area contributed by atoms with Crippen molar-refractivity contribution in [3.05, 3.63) is 76.2 Å². The van der Waals surface area contributed by atoms with Crippen LogP contribution in [0.4, 0.5) is 0 Å². The highest BCUT2D eigenvalue weighted by molar-refractivity contribution is 6.02. The van der Waals surface area contributed by atoms with Gasteiger partial charge in [0.15, 0.2) is 11.8 Å². The molecular formula is C21H21N3O4. The highest BCUT2D eigenvalue weighted by Gasteiger charge is 2.22. The molecule has 0 radical (unpaired) electrons. The van der Waals surface area contributed by atoms with Gasteiger partial charge in [0.05, 0.1) is 5.39 Å². The van der Waals surface area contributed by atoms with E-state index in [0.29, 0.717) is 23.7 Å². The predicted molar refractivity (Wildman–Crippen MR) is 105 cm³/mol. The van der Waals surface area contributed by atoms with Crippen LogP contribution in [0.25, 0.3) is 10.8 Å². The molecule has 0 bridgehead atoms. The Labute approximate surface area is 161 Å². The summed E-state index contributed by atoms with van der Waals surface area (Å²) >= 11 is 0. The minimum atomic E-state index is -0.985. The summed E-state index contributed by atoms with van der Waals surface area (Å²) in [7, 11) is 1.46. The Balaban J connectivity index is 1.66. The van der Waals surface area contributed by atoms with Crippen molar-refractivity contribution in [1.29, 1.82) is 0 Å². The van der Waals surface area contributed by atoms with Gasteiger partial charge in [-0.3, -0.25) is 9.59 Å². The molecule has 0 saturated heterocycles. The molecule has 3 rings (SSSR count). The topological polar surface area (TPSA) is 90.3 Å². The van der Waals surface area contributed by atoms with Crippen LogP contribution in [0.3, 0.4) is 0 Å². The lowest BCUT2D eigenvalue weighted by atomic mass is 10.1. The van der Waals surface area contributed by atoms with E-state index < -0.39 is 18.0 Å². The van der Waals surface area contributed by atoms with E-state index in [0.717, 1.165) is 10.2 Å². The van der Waals surface area contributed by atoms with Gasteiger partial charge >= 0.3 is 5.97 Å². The molecule has 3 aromatic rings. The normalized spacial score (nSPS) is 11.8. The highest BCUT2D eigenvalue weighted by Crippen LogP contribution is 2.14. The van der Waals surface area contributed by atoms with E-state index in [4.69, 9.17) is 4.74 Å². The zero-order valence-corrected chi connectivity index (χ0v) is 15.7. The van der Waals surface area contributed by atoms with Gasteiger partial charge in [0.2, 0.25) is 0 Å². The minimum Gasteiger partial charge on any atom is -0.448 e. The maximum atomic E-state index is 12.6. The number of fused-ring (bicyclic) bond motifs is 1. The van der Waals surface area contributed by atoms with Crippen LogP contribution in [0.2, 0.25) is 0 Å². The monoisotopic (exact) mass is 379 g/mol. The summed E-state index contributed by atoms with van der Waals surface area (Å²) in [6, 6.07) is 16.4. The largest absolute Gasteiger partial charge is 0.448 e. The maximum Gasteiger partial charge on any atom is 0.360 e. The van der Waals surface area contributed by atoms with Gasteiger partial charge in [0.1, 0.15) is 0 Å². The third-order valence-corrected chi connectivity index (χ3v) is 4.36. The van der Waals surface area contributed by atoms with Crippen LogP contribution in [0.1, 0.15) is 23.0 Å². The molecule has 0 aliphatic heterocycles. The van der Waals surface area contributed by atoms with Gasteiger partial charge in [-0.05, 0) is 25.0 Å². The number of carbonyl (C=O) groups excluding carboxylic acids is 2. The smallest absolute Gasteiger partial charge is 0.360 e. The molecule has 1 aromatic heterocycles. The summed E-state index contributed by atoms with van der Waals surface area (Å²) in [6.45, 7) is 1.94. The number of aromatic nitrogens is 2. The Bertz CT molecular complexity index is 1060. The molecule has 2 aromatic carbocycles. The molecular weight excluding hydrogens is 358 g/mol. The van der Waals surface area contributed by atoms with E-state index in [9.17, 15) is 14.4 Å². The summed E-state index contributed by atoms with van der Waals surface area (Å²) in [4.78, 5) is 36.9. The van der Waals surface area contributed by atoms with E-state index >= 15 is 0 Å². The first-order valence-corrected chi connectivity index (χ1v) is 8.96. The van der Waals surface area contributed by atoms with Gasteiger partial charge in [-0.1, -0.05) is 48.5 Å². The molecule has 144 valence electrons. The average Bonchev–Trinajstić information content (AvgIpc) is 2.71. The number of benzene rings is 2. The van der Waals surface area contributed by atoms with E-state index in [1.807, 2.05) is 30.3 Å². The number of carbonyl (C=O) groups is 2. The molecule has 0 aliphatic carbocycles. The van der Waals surface area contributed by atoms with Crippen LogP contribution < -0.4 is 10.9 Å². The van der Waals surface area contributed by atoms with Gasteiger partial charge in [-0.25, -0.2) is 9.48 Å². The fourth-order valence-electron chi connectivity index (χ4n) is 2.84. The average molecular weight is 379 g/mol. The Morgan fingerprint density at radius 2 is 1.71 bits per heavy atom. The fourth-order valence-corrected chi connectivity index (χ4v) is 2.84. The number of esters is 1. The van der Waals surface area contributed by atoms with Crippen LogP contribution >= 0.6 is 0 Å². The molecule has 1 N–H and O–H groups in total. The second-order valence-electron chi connectivity index (χ2n) is 6.40. The fraction of sp³-hybridized carbons (Fsp3) is 0.238. The van der Waals surface area contributed by atoms with Crippen LogP contribution in [0.15, 0.2) is 59.4 Å². The van der Waals surface area contributed by atoms with Crippen molar-refractivity contribution in [1.82, 2.24) is 15.1 Å². The van der Waals surface area contributed by atoms with E-state index in [-0.39, 0.29) is 11.3 Å². The number of nitrogens with one attached hydrogen (secondary N) is 1. The Kier molecular flexibility index (Phi) is 5.84. The van der Waals surface area contributed by atoms with Crippen molar-refractivity contribution in [2.24, 2.45) is 7.05 Å². The SMILES string of the molecule is CC(OC(=O)c1nn(C)c(=O)c2ccccc12)C(=O)NCCc1ccccc1. The number of hydrogen-bond donors (Lipinski definition) is 1. The molecule has 1 heterocycles. The molecule has 0 spiro atoms. The summed E-state index contributed by atoms with van der Waals surface area (Å²) in [5.74, 6) is -1.14. The molecule has 7 nitrogen and oxygen atoms in total. The number of amides is 1. The van der Waals surface area contributed by atoms with Crippen molar-refractivity contribution in [2.45, 2.75) is 19.4 Å². The molecule has 0 aliphatic rings. The molecule has 1 amide bonds. The summed E-state index contributed by atoms with van der Waals surface area (Å²) in [6.07, 6.45) is -0.304. The Hall–Kier alpha value is -3.48. The first-order valence-electron chi connectivity index (χ1n) is 8.96. The van der Waals surface area contributed by atoms with E-state index in [2.05, 4.69) is 10.4 Å². The lowest BCUT2D eigenvalue weighted by Gasteiger charge is -2.14. The standard InChI is InChI=1S/C21H21N3O4/c1-14(19(25)22-13-12-15-8-4-3-5-9-15)28-21(27)18-16-10-6-7-11-17(16)20(26)24(2)23-18/h3-11,14H,12-13H2,1-2H3,(H,22,25). The van der Waals surface area contributed by atoms with Crippen LogP contribution in [-0.2, 0) is 23.0 Å². The lowest BCUT2D eigenvalue weighted by Crippen LogP contribution is -2.37. The van der Waals surface area contributed by atoms with Crippen LogP contribution in [-0.4, -0.2) is 34.3 Å². The quantitative estimate of drug-likeness (QED) is 0.660. The summed E-state index contributed by atoms with van der Waals surface area (Å²) in [5, 5.41) is 7.53. The van der Waals surface area contributed by atoms with Gasteiger partial charge in [0, 0.05) is 19.0 Å². The minimum absolute atomic E-state index is 0.00151. The lowest BCUT2D eigenvalue weighted by molar-refractivity contribution is -0.129. The molecule has 0 fully saturated rings. The Morgan fingerprint density at radius 1 is 1.07 bits per heavy atom. The van der Waals surface area contributed by atoms with Gasteiger partial charge in [0.25, 0.3) is 11.5 Å². The zero-order chi connectivity index (χ0) is 20.1. The number of rotatable bonds is 6. The summed E-state index contributed by atoms with van der Waals surface area (Å²) in [5.41, 5.74) is 0.800. The van der Waals surface area contributed by atoms with E-state index in [1.165, 1.54) is 14.0 Å². The first-order chi connectivity index (χ1) is 13.5. The predicted octanol–water partition coefficient (Wildman–Crippen LogP) is 1.84. The highest BCUT2D eigenvalue weighted by atomic mass is 16.5. The molecule has 0 saturated carbocycles. The number of nitrogens with zero attached hydrogens (tertiary/aromatic N) is 2. The van der Waals surface area contributed by atoms with E-state index in [1.54, 1.807) is 24.3 Å². The number of ether oxygens (including phenoxy) is 1. The first kappa shape index (κ1) is 19.3. The second-order valence-corrected chi connectivity index (χ2v) is 6.40. The maximum absolute atomic E-state index is 12.6. The molecule has 1 atom stereocenters. The van der Waals surface area contributed by atoms with Crippen LogP contribution in [0, 0.1) is 0 Å².